The van der Waals surface area contributed by atoms with Crippen molar-refractivity contribution in [2.45, 2.75) is 24.7 Å². The van der Waals surface area contributed by atoms with E-state index in [1.807, 2.05) is 0 Å². The molecule has 0 aliphatic carbocycles. The normalized spacial score (nSPS) is 48.0. The lowest BCUT2D eigenvalue weighted by atomic mass is 10.2. The van der Waals surface area contributed by atoms with Crippen molar-refractivity contribution in [2.75, 3.05) is 6.67 Å². The van der Waals surface area contributed by atoms with Crippen LogP contribution in [0.4, 0.5) is 8.78 Å². The summed E-state index contributed by atoms with van der Waals surface area (Å²) in [6, 6.07) is 0. The van der Waals surface area contributed by atoms with Gasteiger partial charge in [0, 0.05) is 0 Å². The molecule has 0 radical (unpaired) electrons. The second kappa shape index (κ2) is 2.77. The minimum absolute atomic E-state index is 1.03. The van der Waals surface area contributed by atoms with Gasteiger partial charge in [-0.1, -0.05) is 0 Å². The van der Waals surface area contributed by atoms with E-state index >= 15 is 0 Å². The van der Waals surface area contributed by atoms with Gasteiger partial charge in [-0.25, -0.2) is 8.78 Å². The van der Waals surface area contributed by atoms with Crippen molar-refractivity contribution in [3.63, 3.8) is 0 Å². The summed E-state index contributed by atoms with van der Waals surface area (Å²) in [6.45, 7) is -1.03. The summed E-state index contributed by atoms with van der Waals surface area (Å²) in [5.74, 6) is 0. The Morgan fingerprint density at radius 2 is 2.00 bits per heavy atom. The maximum atomic E-state index is 12.5. The summed E-state index contributed by atoms with van der Waals surface area (Å²) in [6.07, 6.45) is -6.33. The van der Waals surface area contributed by atoms with Crippen LogP contribution in [0.25, 0.3) is 0 Å². The van der Waals surface area contributed by atoms with E-state index in [4.69, 9.17) is 10.2 Å². The molecule has 1 rings (SSSR count). The van der Waals surface area contributed by atoms with Gasteiger partial charge in [0.2, 0.25) is 0 Å². The van der Waals surface area contributed by atoms with Crippen LogP contribution in [0.2, 0.25) is 0 Å². The third-order valence-electron chi connectivity index (χ3n) is 1.44. The van der Waals surface area contributed by atoms with Gasteiger partial charge in [-0.2, -0.15) is 0 Å². The molecule has 0 spiro atoms. The minimum Gasteiger partial charge on any atom is -0.385 e. The molecule has 4 atom stereocenters. The Balaban J connectivity index is 2.53. The molecule has 0 aromatic carbocycles. The van der Waals surface area contributed by atoms with E-state index in [0.29, 0.717) is 0 Å². The highest BCUT2D eigenvalue weighted by atomic mass is 19.1. The van der Waals surface area contributed by atoms with Crippen molar-refractivity contribution in [3.8, 4) is 0 Å². The van der Waals surface area contributed by atoms with Crippen LogP contribution in [-0.2, 0) is 4.74 Å². The highest BCUT2D eigenvalue weighted by Gasteiger charge is 2.43. The Morgan fingerprint density at radius 1 is 1.40 bits per heavy atom. The maximum absolute atomic E-state index is 12.5. The van der Waals surface area contributed by atoms with E-state index in [0.717, 1.165) is 0 Å². The largest absolute Gasteiger partial charge is 0.385 e. The summed E-state index contributed by atoms with van der Waals surface area (Å²) in [5.41, 5.74) is 0. The van der Waals surface area contributed by atoms with Gasteiger partial charge in [0.25, 0.3) is 0 Å². The Bertz CT molecular complexity index is 121. The molecule has 1 heterocycles. The number of hydrogen-bond donors (Lipinski definition) is 2. The van der Waals surface area contributed by atoms with Gasteiger partial charge in [0.1, 0.15) is 18.9 Å². The van der Waals surface area contributed by atoms with E-state index in [1.54, 1.807) is 0 Å². The fourth-order valence-electron chi connectivity index (χ4n) is 0.833. The summed E-state index contributed by atoms with van der Waals surface area (Å²) < 4.78 is 28.5. The molecule has 1 aliphatic rings. The van der Waals surface area contributed by atoms with Crippen molar-refractivity contribution in [1.29, 1.82) is 0 Å². The van der Waals surface area contributed by atoms with Crippen molar-refractivity contribution in [1.82, 2.24) is 0 Å². The molecule has 0 bridgehead atoms. The van der Waals surface area contributed by atoms with Crippen LogP contribution < -0.4 is 0 Å². The first kappa shape index (κ1) is 7.84. The van der Waals surface area contributed by atoms with Gasteiger partial charge in [0.05, 0.1) is 0 Å². The Morgan fingerprint density at radius 3 is 2.20 bits per heavy atom. The van der Waals surface area contributed by atoms with E-state index in [2.05, 4.69) is 4.74 Å². The lowest BCUT2D eigenvalue weighted by molar-refractivity contribution is -0.129. The lowest BCUT2D eigenvalue weighted by Gasteiger charge is -2.05. The second-order valence-corrected chi connectivity index (χ2v) is 2.15. The smallest absolute Gasteiger partial charge is 0.184 e. The molecule has 1 saturated heterocycles. The van der Waals surface area contributed by atoms with Gasteiger partial charge >= 0.3 is 0 Å². The lowest BCUT2D eigenvalue weighted by Crippen LogP contribution is -2.29. The van der Waals surface area contributed by atoms with Gasteiger partial charge in [-0.05, 0) is 0 Å². The van der Waals surface area contributed by atoms with Gasteiger partial charge in [0.15, 0.2) is 12.5 Å². The first-order valence-electron chi connectivity index (χ1n) is 2.88. The Hall–Kier alpha value is -0.260. The molecular weight excluding hydrogens is 146 g/mol. The molecule has 3 nitrogen and oxygen atoms in total. The zero-order chi connectivity index (χ0) is 7.72. The van der Waals surface area contributed by atoms with Crippen LogP contribution in [0, 0.1) is 0 Å². The van der Waals surface area contributed by atoms with E-state index in [1.165, 1.54) is 0 Å². The van der Waals surface area contributed by atoms with Crippen LogP contribution >= 0.6 is 0 Å². The molecule has 0 aromatic rings. The summed E-state index contributed by atoms with van der Waals surface area (Å²) in [7, 11) is 0. The molecular formula is C5H8F2O3. The summed E-state index contributed by atoms with van der Waals surface area (Å²) in [5, 5.41) is 17.2. The zero-order valence-electron chi connectivity index (χ0n) is 5.08. The van der Waals surface area contributed by atoms with Crippen molar-refractivity contribution in [2.24, 2.45) is 0 Å². The quantitative estimate of drug-likeness (QED) is 0.528. The van der Waals surface area contributed by atoms with Crippen molar-refractivity contribution >= 4 is 0 Å². The van der Waals surface area contributed by atoms with Crippen LogP contribution in [0.1, 0.15) is 0 Å². The molecule has 10 heavy (non-hydrogen) atoms. The molecule has 1 aliphatic heterocycles. The first-order valence-corrected chi connectivity index (χ1v) is 2.88. The monoisotopic (exact) mass is 154 g/mol. The molecule has 2 N–H and O–H groups in total. The number of aliphatic hydroxyl groups excluding tert-OH is 2. The van der Waals surface area contributed by atoms with Crippen LogP contribution in [0.15, 0.2) is 0 Å². The van der Waals surface area contributed by atoms with E-state index < -0.39 is 31.3 Å². The van der Waals surface area contributed by atoms with Gasteiger partial charge < -0.3 is 14.9 Å². The SMILES string of the molecule is OC1O[C@H](CF)[C@@H](F)[C@H]1O. The first-order chi connectivity index (χ1) is 4.66. The minimum atomic E-state index is -1.82. The van der Waals surface area contributed by atoms with Crippen molar-refractivity contribution < 1.29 is 23.7 Å². The Labute approximate surface area is 56.2 Å². The summed E-state index contributed by atoms with van der Waals surface area (Å²) in [4.78, 5) is 0. The topological polar surface area (TPSA) is 49.7 Å². The standard InChI is InChI=1S/C5H8F2O3/c6-1-2-3(7)4(8)5(9)10-2/h2-5,8-9H,1H2/t2-,3-,4-,5?/m1/s1. The second-order valence-electron chi connectivity index (χ2n) is 2.15. The summed E-state index contributed by atoms with van der Waals surface area (Å²) >= 11 is 0. The molecule has 5 heteroatoms. The highest BCUT2D eigenvalue weighted by molar-refractivity contribution is 4.85. The molecule has 0 amide bonds. The van der Waals surface area contributed by atoms with E-state index in [9.17, 15) is 8.78 Å². The molecule has 1 unspecified atom stereocenters. The number of halogens is 2. The number of ether oxygens (including phenoxy) is 1. The number of aliphatic hydroxyl groups is 2. The predicted molar refractivity (Wildman–Crippen MR) is 27.8 cm³/mol. The maximum Gasteiger partial charge on any atom is 0.184 e. The third kappa shape index (κ3) is 1.12. The van der Waals surface area contributed by atoms with Crippen LogP contribution in [0.5, 0.6) is 0 Å². The highest BCUT2D eigenvalue weighted by Crippen LogP contribution is 2.22. The average molecular weight is 154 g/mol. The van der Waals surface area contributed by atoms with Crippen LogP contribution in [-0.4, -0.2) is 41.6 Å². The van der Waals surface area contributed by atoms with Crippen LogP contribution in [0.3, 0.4) is 0 Å². The molecule has 1 fully saturated rings. The number of alkyl halides is 2. The predicted octanol–water partition coefficient (Wildman–Crippen LogP) is -0.628. The molecule has 0 saturated carbocycles. The Kier molecular flexibility index (Phi) is 2.18. The average Bonchev–Trinajstić information content (AvgIpc) is 2.17. The van der Waals surface area contributed by atoms with Crippen molar-refractivity contribution in [3.05, 3.63) is 0 Å². The van der Waals surface area contributed by atoms with Gasteiger partial charge in [-0.3, -0.25) is 0 Å². The number of rotatable bonds is 1. The fourth-order valence-corrected chi connectivity index (χ4v) is 0.833. The van der Waals surface area contributed by atoms with Gasteiger partial charge in [-0.15, -0.1) is 0 Å². The third-order valence-corrected chi connectivity index (χ3v) is 1.44. The molecule has 60 valence electrons. The molecule has 0 aromatic heterocycles. The number of hydrogen-bond acceptors (Lipinski definition) is 3. The van der Waals surface area contributed by atoms with E-state index in [-0.39, 0.29) is 0 Å². The zero-order valence-corrected chi connectivity index (χ0v) is 5.08. The fraction of sp³-hybridized carbons (Fsp3) is 1.00.